The van der Waals surface area contributed by atoms with E-state index in [4.69, 9.17) is 16.0 Å². The van der Waals surface area contributed by atoms with Crippen LogP contribution in [-0.2, 0) is 0 Å². The van der Waals surface area contributed by atoms with Crippen molar-refractivity contribution in [2.75, 3.05) is 0 Å². The topological polar surface area (TPSA) is 69.7 Å². The van der Waals surface area contributed by atoms with Crippen LogP contribution in [0.1, 0.15) is 12.8 Å². The number of nitrogens with zero attached hydrogens (tertiary/aromatic N) is 1. The molecule has 0 aliphatic carbocycles. The van der Waals surface area contributed by atoms with E-state index >= 15 is 0 Å². The van der Waals surface area contributed by atoms with E-state index in [-0.39, 0.29) is 6.17 Å². The van der Waals surface area contributed by atoms with Crippen LogP contribution in [0.25, 0.3) is 0 Å². The summed E-state index contributed by atoms with van der Waals surface area (Å²) in [5.41, 5.74) is 5.28. The summed E-state index contributed by atoms with van der Waals surface area (Å²) < 4.78 is 0. The molecule has 0 amide bonds. The number of aliphatic hydroxyl groups excluding tert-OH is 1. The first-order valence-corrected chi connectivity index (χ1v) is 2.62. The first kappa shape index (κ1) is 5.97. The minimum absolute atomic E-state index is 0.370. The van der Waals surface area contributed by atoms with Crippen LogP contribution in [0, 0.1) is 0 Å². The molecular weight excluding hydrogens is 108 g/mol. The van der Waals surface area contributed by atoms with Gasteiger partial charge in [0.15, 0.2) is 0 Å². The van der Waals surface area contributed by atoms with Gasteiger partial charge in [-0.1, -0.05) is 0 Å². The Morgan fingerprint density at radius 3 is 2.25 bits per heavy atom. The smallest absolute Gasteiger partial charge is 0.131 e. The zero-order valence-corrected chi connectivity index (χ0v) is 4.49. The molecule has 1 fully saturated rings. The summed E-state index contributed by atoms with van der Waals surface area (Å²) in [4.78, 5) is 0. The predicted molar refractivity (Wildman–Crippen MR) is 26.8 cm³/mol. The molecule has 1 rings (SSSR count). The third kappa shape index (κ3) is 0.830. The lowest BCUT2D eigenvalue weighted by atomic mass is 10.3. The summed E-state index contributed by atoms with van der Waals surface area (Å²) in [7, 11) is 0. The highest BCUT2D eigenvalue weighted by molar-refractivity contribution is 4.69. The van der Waals surface area contributed by atoms with Crippen LogP contribution in [0.2, 0.25) is 0 Å². The standard InChI is InChI=1S/C4H10N2O2/c5-3-1-2-4(7)6(3)8/h3-4,7-8H,1-2,5H2. The van der Waals surface area contributed by atoms with Crippen LogP contribution < -0.4 is 5.73 Å². The van der Waals surface area contributed by atoms with E-state index in [9.17, 15) is 0 Å². The van der Waals surface area contributed by atoms with Crippen molar-refractivity contribution in [2.45, 2.75) is 25.2 Å². The Kier molecular flexibility index (Phi) is 1.48. The van der Waals surface area contributed by atoms with Crippen molar-refractivity contribution in [1.29, 1.82) is 0 Å². The molecule has 0 saturated carbocycles. The van der Waals surface area contributed by atoms with Gasteiger partial charge in [-0.3, -0.25) is 0 Å². The summed E-state index contributed by atoms with van der Waals surface area (Å²) >= 11 is 0. The molecule has 1 aliphatic rings. The van der Waals surface area contributed by atoms with E-state index in [1.165, 1.54) is 0 Å². The van der Waals surface area contributed by atoms with Crippen molar-refractivity contribution in [3.05, 3.63) is 0 Å². The second kappa shape index (κ2) is 1.99. The molecule has 0 aromatic carbocycles. The van der Waals surface area contributed by atoms with Crippen LogP contribution >= 0.6 is 0 Å². The maximum Gasteiger partial charge on any atom is 0.131 e. The summed E-state index contributed by atoms with van der Waals surface area (Å²) in [6.45, 7) is 0. The van der Waals surface area contributed by atoms with Crippen LogP contribution in [0.15, 0.2) is 0 Å². The van der Waals surface area contributed by atoms with Crippen molar-refractivity contribution in [2.24, 2.45) is 5.73 Å². The predicted octanol–water partition coefficient (Wildman–Crippen LogP) is -0.925. The summed E-state index contributed by atoms with van der Waals surface area (Å²) in [6, 6.07) is 0. The summed E-state index contributed by atoms with van der Waals surface area (Å²) in [6.07, 6.45) is 0.116. The van der Waals surface area contributed by atoms with Crippen molar-refractivity contribution < 1.29 is 10.3 Å². The van der Waals surface area contributed by atoms with Gasteiger partial charge >= 0.3 is 0 Å². The van der Waals surface area contributed by atoms with Crippen LogP contribution in [0.3, 0.4) is 0 Å². The Hall–Kier alpha value is -0.160. The molecule has 1 aliphatic heterocycles. The molecule has 4 nitrogen and oxygen atoms in total. The third-order valence-electron chi connectivity index (χ3n) is 1.37. The summed E-state index contributed by atoms with van der Waals surface area (Å²) in [5, 5.41) is 18.3. The zero-order chi connectivity index (χ0) is 6.15. The van der Waals surface area contributed by atoms with Crippen molar-refractivity contribution in [3.63, 3.8) is 0 Å². The summed E-state index contributed by atoms with van der Waals surface area (Å²) in [5.74, 6) is 0. The maximum absolute atomic E-state index is 8.76. The van der Waals surface area contributed by atoms with Crippen molar-refractivity contribution >= 4 is 0 Å². The van der Waals surface area contributed by atoms with E-state index in [1.807, 2.05) is 0 Å². The van der Waals surface area contributed by atoms with Gasteiger partial charge in [-0.2, -0.15) is 0 Å². The highest BCUT2D eigenvalue weighted by atomic mass is 16.5. The van der Waals surface area contributed by atoms with E-state index in [1.54, 1.807) is 0 Å². The van der Waals surface area contributed by atoms with Gasteiger partial charge in [0, 0.05) is 0 Å². The number of hydrogen-bond donors (Lipinski definition) is 3. The Balaban J connectivity index is 2.44. The minimum atomic E-state index is -0.745. The van der Waals surface area contributed by atoms with Gasteiger partial charge in [-0.05, 0) is 12.8 Å². The molecular formula is C4H10N2O2. The van der Waals surface area contributed by atoms with Crippen LogP contribution in [0.4, 0.5) is 0 Å². The molecule has 0 bridgehead atoms. The van der Waals surface area contributed by atoms with Gasteiger partial charge in [-0.15, -0.1) is 5.06 Å². The quantitative estimate of drug-likeness (QED) is 0.384. The second-order valence-electron chi connectivity index (χ2n) is 2.01. The molecule has 8 heavy (non-hydrogen) atoms. The fourth-order valence-electron chi connectivity index (χ4n) is 0.805. The van der Waals surface area contributed by atoms with E-state index in [0.29, 0.717) is 12.8 Å². The van der Waals surface area contributed by atoms with Gasteiger partial charge in [0.1, 0.15) is 6.23 Å². The molecule has 1 heterocycles. The number of rotatable bonds is 0. The Bertz CT molecular complexity index is 78.1. The van der Waals surface area contributed by atoms with Gasteiger partial charge in [-0.25, -0.2) is 0 Å². The van der Waals surface area contributed by atoms with Crippen LogP contribution in [0.5, 0.6) is 0 Å². The molecule has 0 aromatic heterocycles. The van der Waals surface area contributed by atoms with Gasteiger partial charge in [0.05, 0.1) is 6.17 Å². The lowest BCUT2D eigenvalue weighted by Gasteiger charge is -2.14. The second-order valence-corrected chi connectivity index (χ2v) is 2.01. The molecule has 2 unspecified atom stereocenters. The SMILES string of the molecule is NC1CCC(O)N1O. The zero-order valence-electron chi connectivity index (χ0n) is 4.49. The molecule has 0 radical (unpaired) electrons. The number of hydroxylamine groups is 2. The Morgan fingerprint density at radius 2 is 2.12 bits per heavy atom. The van der Waals surface area contributed by atoms with Gasteiger partial charge in [0.25, 0.3) is 0 Å². The average Bonchev–Trinajstić information content (AvgIpc) is 1.98. The van der Waals surface area contributed by atoms with Crippen LogP contribution in [-0.4, -0.2) is 27.8 Å². The van der Waals surface area contributed by atoms with E-state index in [0.717, 1.165) is 5.06 Å². The normalized spacial score (nSPS) is 40.9. The molecule has 4 N–H and O–H groups in total. The number of aliphatic hydroxyl groups is 1. The maximum atomic E-state index is 8.76. The third-order valence-corrected chi connectivity index (χ3v) is 1.37. The molecule has 0 spiro atoms. The molecule has 48 valence electrons. The fraction of sp³-hybridized carbons (Fsp3) is 1.00. The molecule has 1 saturated heterocycles. The fourth-order valence-corrected chi connectivity index (χ4v) is 0.805. The first-order valence-electron chi connectivity index (χ1n) is 2.62. The molecule has 2 atom stereocenters. The first-order chi connectivity index (χ1) is 3.72. The monoisotopic (exact) mass is 118 g/mol. The lowest BCUT2D eigenvalue weighted by molar-refractivity contribution is -0.192. The highest BCUT2D eigenvalue weighted by Crippen LogP contribution is 2.14. The van der Waals surface area contributed by atoms with Crippen molar-refractivity contribution in [1.82, 2.24) is 5.06 Å². The number of nitrogens with two attached hydrogens (primary N) is 1. The van der Waals surface area contributed by atoms with Gasteiger partial charge in [0.2, 0.25) is 0 Å². The average molecular weight is 118 g/mol. The van der Waals surface area contributed by atoms with Crippen molar-refractivity contribution in [3.8, 4) is 0 Å². The minimum Gasteiger partial charge on any atom is -0.376 e. The van der Waals surface area contributed by atoms with E-state index < -0.39 is 6.23 Å². The Morgan fingerprint density at radius 1 is 1.50 bits per heavy atom. The molecule has 4 heteroatoms. The van der Waals surface area contributed by atoms with E-state index in [2.05, 4.69) is 0 Å². The number of hydrogen-bond acceptors (Lipinski definition) is 4. The largest absolute Gasteiger partial charge is 0.376 e. The van der Waals surface area contributed by atoms with Gasteiger partial charge < -0.3 is 16.0 Å². The highest BCUT2D eigenvalue weighted by Gasteiger charge is 2.27. The lowest BCUT2D eigenvalue weighted by Crippen LogP contribution is -2.38. The Labute approximate surface area is 47.5 Å². The molecule has 0 aromatic rings.